The van der Waals surface area contributed by atoms with Crippen molar-refractivity contribution in [3.05, 3.63) is 34.9 Å². The highest BCUT2D eigenvalue weighted by Crippen LogP contribution is 2.37. The van der Waals surface area contributed by atoms with Crippen molar-refractivity contribution in [2.24, 2.45) is 0 Å². The lowest BCUT2D eigenvalue weighted by Crippen LogP contribution is -2.14. The maximum absolute atomic E-state index is 9.77. The number of hydrogen-bond donors (Lipinski definition) is 1. The minimum absolute atomic E-state index is 0.190. The van der Waals surface area contributed by atoms with Crippen LogP contribution in [0.25, 0.3) is 0 Å². The number of hydrogen-bond acceptors (Lipinski definition) is 1. The van der Waals surface area contributed by atoms with Gasteiger partial charge in [0.2, 0.25) is 0 Å². The number of aliphatic hydroxyl groups is 1. The van der Waals surface area contributed by atoms with Crippen molar-refractivity contribution < 1.29 is 5.11 Å². The van der Waals surface area contributed by atoms with Gasteiger partial charge in [0.05, 0.1) is 6.10 Å². The molecule has 0 aromatic heterocycles. The van der Waals surface area contributed by atoms with Crippen LogP contribution < -0.4 is 0 Å². The van der Waals surface area contributed by atoms with Crippen molar-refractivity contribution >= 4 is 0 Å². The normalized spacial score (nSPS) is 21.0. The van der Waals surface area contributed by atoms with Crippen LogP contribution in [0.4, 0.5) is 0 Å². The van der Waals surface area contributed by atoms with Gasteiger partial charge in [-0.15, -0.1) is 0 Å². The first-order valence-electron chi connectivity index (χ1n) is 5.30. The zero-order chi connectivity index (χ0) is 10.3. The zero-order valence-electron chi connectivity index (χ0n) is 9.17. The molecule has 0 fully saturated rings. The van der Waals surface area contributed by atoms with Crippen LogP contribution in [0.5, 0.6) is 0 Å². The van der Waals surface area contributed by atoms with Crippen LogP contribution in [0.1, 0.15) is 50.0 Å². The van der Waals surface area contributed by atoms with E-state index >= 15 is 0 Å². The van der Waals surface area contributed by atoms with Gasteiger partial charge in [0.1, 0.15) is 0 Å². The van der Waals surface area contributed by atoms with Crippen LogP contribution in [0, 0.1) is 0 Å². The molecule has 1 N–H and O–H groups in total. The summed E-state index contributed by atoms with van der Waals surface area (Å²) in [5.74, 6) is 0. The molecule has 1 atom stereocenters. The molecule has 0 amide bonds. The third-order valence-corrected chi connectivity index (χ3v) is 3.05. The van der Waals surface area contributed by atoms with E-state index in [1.165, 1.54) is 11.1 Å². The molecule has 1 aromatic rings. The maximum Gasteiger partial charge on any atom is 0.0796 e. The molecule has 1 aliphatic carbocycles. The van der Waals surface area contributed by atoms with Crippen LogP contribution in [0.2, 0.25) is 0 Å². The molecule has 0 saturated heterocycles. The van der Waals surface area contributed by atoms with Gasteiger partial charge < -0.3 is 5.11 Å². The molecule has 0 aliphatic heterocycles. The van der Waals surface area contributed by atoms with E-state index in [2.05, 4.69) is 39.0 Å². The quantitative estimate of drug-likeness (QED) is 0.667. The first-order valence-corrected chi connectivity index (χ1v) is 5.30. The van der Waals surface area contributed by atoms with Crippen molar-refractivity contribution in [3.8, 4) is 0 Å². The summed E-state index contributed by atoms with van der Waals surface area (Å²) in [6.07, 6.45) is 1.69. The summed E-state index contributed by atoms with van der Waals surface area (Å²) in [6, 6.07) is 6.31. The fraction of sp³-hybridized carbons (Fsp3) is 0.538. The van der Waals surface area contributed by atoms with Gasteiger partial charge in [0, 0.05) is 0 Å². The largest absolute Gasteiger partial charge is 0.388 e. The Morgan fingerprint density at radius 3 is 2.64 bits per heavy atom. The third-order valence-electron chi connectivity index (χ3n) is 3.05. The number of rotatable bonds is 0. The van der Waals surface area contributed by atoms with Crippen LogP contribution >= 0.6 is 0 Å². The summed E-state index contributed by atoms with van der Waals surface area (Å²) in [5.41, 5.74) is 4.12. The summed E-state index contributed by atoms with van der Waals surface area (Å²) in [7, 11) is 0. The molecular formula is C13H18O. The van der Waals surface area contributed by atoms with E-state index in [9.17, 15) is 5.11 Å². The lowest BCUT2D eigenvalue weighted by molar-refractivity contribution is 0.180. The Balaban J connectivity index is 2.55. The highest BCUT2D eigenvalue weighted by molar-refractivity contribution is 5.43. The van der Waals surface area contributed by atoms with Gasteiger partial charge >= 0.3 is 0 Å². The molecule has 1 aliphatic rings. The van der Waals surface area contributed by atoms with Crippen LogP contribution in [0.3, 0.4) is 0 Å². The van der Waals surface area contributed by atoms with Gasteiger partial charge in [0.15, 0.2) is 0 Å². The van der Waals surface area contributed by atoms with Crippen LogP contribution in [0.15, 0.2) is 18.2 Å². The van der Waals surface area contributed by atoms with E-state index < -0.39 is 0 Å². The fourth-order valence-electron chi connectivity index (χ4n) is 2.34. The number of fused-ring (bicyclic) bond motifs is 1. The summed E-state index contributed by atoms with van der Waals surface area (Å²) in [4.78, 5) is 0. The van der Waals surface area contributed by atoms with E-state index in [4.69, 9.17) is 0 Å². The fourth-order valence-corrected chi connectivity index (χ4v) is 2.34. The van der Waals surface area contributed by atoms with E-state index in [0.717, 1.165) is 18.4 Å². The third kappa shape index (κ3) is 1.46. The molecule has 14 heavy (non-hydrogen) atoms. The molecule has 1 aromatic carbocycles. The molecule has 0 radical (unpaired) electrons. The summed E-state index contributed by atoms with van der Waals surface area (Å²) in [6.45, 7) is 6.69. The standard InChI is InChI=1S/C13H18O/c1-13(2,3)11-6-4-5-10-9(11)7-8-12(10)14/h4-6,12,14H,7-8H2,1-3H3/t12-/m1/s1. The van der Waals surface area contributed by atoms with Crippen molar-refractivity contribution in [3.63, 3.8) is 0 Å². The highest BCUT2D eigenvalue weighted by atomic mass is 16.3. The Hall–Kier alpha value is -0.820. The Morgan fingerprint density at radius 2 is 2.00 bits per heavy atom. The van der Waals surface area contributed by atoms with E-state index in [-0.39, 0.29) is 11.5 Å². The molecule has 0 spiro atoms. The molecule has 1 nitrogen and oxygen atoms in total. The predicted molar refractivity (Wildman–Crippen MR) is 58.4 cm³/mol. The minimum Gasteiger partial charge on any atom is -0.388 e. The van der Waals surface area contributed by atoms with Crippen molar-refractivity contribution in [1.82, 2.24) is 0 Å². The van der Waals surface area contributed by atoms with Crippen LogP contribution in [-0.2, 0) is 11.8 Å². The van der Waals surface area contributed by atoms with Crippen LogP contribution in [-0.4, -0.2) is 5.11 Å². The number of aliphatic hydroxyl groups excluding tert-OH is 1. The summed E-state index contributed by atoms with van der Waals surface area (Å²) < 4.78 is 0. The monoisotopic (exact) mass is 190 g/mol. The van der Waals surface area contributed by atoms with Gasteiger partial charge in [0.25, 0.3) is 0 Å². The SMILES string of the molecule is CC(C)(C)c1cccc2c1CC[C@H]2O. The predicted octanol–water partition coefficient (Wildman–Crippen LogP) is 2.96. The average molecular weight is 190 g/mol. The van der Waals surface area contributed by atoms with E-state index in [1.54, 1.807) is 0 Å². The smallest absolute Gasteiger partial charge is 0.0796 e. The molecule has 0 saturated carbocycles. The van der Waals surface area contributed by atoms with Crippen molar-refractivity contribution in [2.45, 2.75) is 45.1 Å². The minimum atomic E-state index is -0.229. The van der Waals surface area contributed by atoms with Gasteiger partial charge in [-0.25, -0.2) is 0 Å². The molecular weight excluding hydrogens is 172 g/mol. The Labute approximate surface area is 85.8 Å². The molecule has 0 unspecified atom stereocenters. The van der Waals surface area contributed by atoms with Gasteiger partial charge in [-0.2, -0.15) is 0 Å². The van der Waals surface area contributed by atoms with Gasteiger partial charge in [-0.05, 0) is 34.9 Å². The maximum atomic E-state index is 9.77. The molecule has 0 bridgehead atoms. The van der Waals surface area contributed by atoms with E-state index in [0.29, 0.717) is 0 Å². The molecule has 0 heterocycles. The lowest BCUT2D eigenvalue weighted by Gasteiger charge is -2.22. The summed E-state index contributed by atoms with van der Waals surface area (Å²) >= 11 is 0. The zero-order valence-corrected chi connectivity index (χ0v) is 9.17. The summed E-state index contributed by atoms with van der Waals surface area (Å²) in [5, 5.41) is 9.77. The Morgan fingerprint density at radius 1 is 1.29 bits per heavy atom. The lowest BCUT2D eigenvalue weighted by atomic mass is 9.82. The van der Waals surface area contributed by atoms with E-state index in [1.807, 2.05) is 0 Å². The topological polar surface area (TPSA) is 20.2 Å². The Kier molecular flexibility index (Phi) is 2.15. The van der Waals surface area contributed by atoms with Gasteiger partial charge in [-0.1, -0.05) is 39.0 Å². The highest BCUT2D eigenvalue weighted by Gasteiger charge is 2.26. The second-order valence-corrected chi connectivity index (χ2v) is 5.18. The first-order chi connectivity index (χ1) is 6.50. The van der Waals surface area contributed by atoms with Crippen molar-refractivity contribution in [2.75, 3.05) is 0 Å². The second kappa shape index (κ2) is 3.09. The number of benzene rings is 1. The molecule has 76 valence electrons. The van der Waals surface area contributed by atoms with Crippen molar-refractivity contribution in [1.29, 1.82) is 0 Å². The second-order valence-electron chi connectivity index (χ2n) is 5.18. The molecule has 1 heteroatoms. The average Bonchev–Trinajstić information content (AvgIpc) is 2.46. The molecule has 2 rings (SSSR count). The van der Waals surface area contributed by atoms with Gasteiger partial charge in [-0.3, -0.25) is 0 Å². The Bertz CT molecular complexity index is 347. The first kappa shape index (κ1) is 9.72.